The number of nitrogens with zero attached hydrogens (tertiary/aromatic N) is 1. The Labute approximate surface area is 119 Å². The molecule has 0 aliphatic heterocycles. The van der Waals surface area contributed by atoms with Crippen LogP contribution < -0.4 is 10.9 Å². The molecule has 0 aliphatic rings. The Hall–Kier alpha value is -1.88. The summed E-state index contributed by atoms with van der Waals surface area (Å²) in [5, 5.41) is 2.81. The maximum absolute atomic E-state index is 14.0. The second kappa shape index (κ2) is 5.63. The van der Waals surface area contributed by atoms with Gasteiger partial charge in [0, 0.05) is 13.6 Å². The highest BCUT2D eigenvalue weighted by atomic mass is 35.5. The van der Waals surface area contributed by atoms with Crippen LogP contribution >= 0.6 is 11.6 Å². The van der Waals surface area contributed by atoms with Crippen LogP contribution in [0, 0.1) is 11.6 Å². The fourth-order valence-electron chi connectivity index (χ4n) is 2.12. The Bertz CT molecular complexity index is 693. The van der Waals surface area contributed by atoms with E-state index in [1.807, 2.05) is 0 Å². The molecule has 0 atom stereocenters. The summed E-state index contributed by atoms with van der Waals surface area (Å²) in [7, 11) is 1.60. The van der Waals surface area contributed by atoms with Crippen LogP contribution in [0.4, 0.5) is 14.5 Å². The van der Waals surface area contributed by atoms with Gasteiger partial charge < -0.3 is 9.88 Å². The molecule has 20 heavy (non-hydrogen) atoms. The lowest BCUT2D eigenvalue weighted by Crippen LogP contribution is -2.23. The minimum absolute atomic E-state index is 0.00306. The summed E-state index contributed by atoms with van der Waals surface area (Å²) in [6.45, 7) is 1.95. The Morgan fingerprint density at radius 2 is 1.90 bits per heavy atom. The van der Waals surface area contributed by atoms with E-state index in [2.05, 4.69) is 5.32 Å². The van der Waals surface area contributed by atoms with Gasteiger partial charge in [-0.3, -0.25) is 4.79 Å². The molecule has 1 aromatic heterocycles. The Morgan fingerprint density at radius 1 is 1.30 bits per heavy atom. The third-order valence-electron chi connectivity index (χ3n) is 3.03. The van der Waals surface area contributed by atoms with E-state index in [1.54, 1.807) is 14.0 Å². The number of hydrogen-bond donors (Lipinski definition) is 1. The number of benzene rings is 1. The van der Waals surface area contributed by atoms with Crippen LogP contribution in [0.15, 0.2) is 29.1 Å². The first-order valence-electron chi connectivity index (χ1n) is 6.06. The SMILES string of the molecule is CCn1c(-c2c(F)cccc2F)c(NC)cc(Cl)c1=O. The van der Waals surface area contributed by atoms with Crippen molar-refractivity contribution in [3.8, 4) is 11.3 Å². The van der Waals surface area contributed by atoms with Crippen molar-refractivity contribution in [2.45, 2.75) is 13.5 Å². The number of rotatable bonds is 3. The minimum atomic E-state index is -0.731. The minimum Gasteiger partial charge on any atom is -0.386 e. The van der Waals surface area contributed by atoms with E-state index >= 15 is 0 Å². The highest BCUT2D eigenvalue weighted by Gasteiger charge is 2.20. The second-order valence-corrected chi connectivity index (χ2v) is 4.56. The molecule has 2 rings (SSSR count). The lowest BCUT2D eigenvalue weighted by Gasteiger charge is -2.17. The van der Waals surface area contributed by atoms with Crippen LogP contribution in [0.25, 0.3) is 11.3 Å². The molecule has 6 heteroatoms. The van der Waals surface area contributed by atoms with Gasteiger partial charge in [-0.05, 0) is 25.1 Å². The molecule has 1 N–H and O–H groups in total. The van der Waals surface area contributed by atoms with Crippen LogP contribution in [0.5, 0.6) is 0 Å². The summed E-state index contributed by atoms with van der Waals surface area (Å²) < 4.78 is 29.2. The lowest BCUT2D eigenvalue weighted by molar-refractivity contribution is 0.584. The topological polar surface area (TPSA) is 34.0 Å². The van der Waals surface area contributed by atoms with Gasteiger partial charge in [0.1, 0.15) is 16.7 Å². The number of hydrogen-bond acceptors (Lipinski definition) is 2. The molecule has 0 bridgehead atoms. The summed E-state index contributed by atoms with van der Waals surface area (Å²) in [6, 6.07) is 4.95. The average Bonchev–Trinajstić information content (AvgIpc) is 2.42. The van der Waals surface area contributed by atoms with Crippen LogP contribution in [-0.4, -0.2) is 11.6 Å². The number of anilines is 1. The standard InChI is InChI=1S/C14H13ClF2N2O/c1-3-19-13(11(18-2)7-8(15)14(19)20)12-9(16)5-4-6-10(12)17/h4-7,18H,3H2,1-2H3. The summed E-state index contributed by atoms with van der Waals surface area (Å²) in [5.41, 5.74) is -0.182. The van der Waals surface area contributed by atoms with E-state index in [0.717, 1.165) is 12.1 Å². The van der Waals surface area contributed by atoms with Gasteiger partial charge in [-0.25, -0.2) is 8.78 Å². The van der Waals surface area contributed by atoms with Crippen molar-refractivity contribution in [3.05, 3.63) is 51.3 Å². The molecule has 0 spiro atoms. The molecule has 0 saturated heterocycles. The molecule has 1 aromatic carbocycles. The van der Waals surface area contributed by atoms with Crippen LogP contribution in [0.3, 0.4) is 0 Å². The van der Waals surface area contributed by atoms with Crippen molar-refractivity contribution in [1.29, 1.82) is 0 Å². The smallest absolute Gasteiger partial charge is 0.269 e. The zero-order valence-electron chi connectivity index (χ0n) is 11.0. The number of aromatic nitrogens is 1. The third-order valence-corrected chi connectivity index (χ3v) is 3.30. The molecule has 0 radical (unpaired) electrons. The summed E-state index contributed by atoms with van der Waals surface area (Å²) >= 11 is 5.85. The third kappa shape index (κ3) is 2.29. The Balaban J connectivity index is 2.92. The molecule has 0 saturated carbocycles. The molecule has 2 aromatic rings. The van der Waals surface area contributed by atoms with Gasteiger partial charge in [0.2, 0.25) is 0 Å². The van der Waals surface area contributed by atoms with Crippen molar-refractivity contribution in [3.63, 3.8) is 0 Å². The van der Waals surface area contributed by atoms with Gasteiger partial charge in [-0.15, -0.1) is 0 Å². The molecule has 0 amide bonds. The van der Waals surface area contributed by atoms with Gasteiger partial charge in [-0.1, -0.05) is 17.7 Å². The molecule has 1 heterocycles. The maximum atomic E-state index is 14.0. The number of pyridine rings is 1. The molecule has 0 aliphatic carbocycles. The molecular formula is C14H13ClF2N2O. The zero-order valence-corrected chi connectivity index (χ0v) is 11.8. The van der Waals surface area contributed by atoms with Gasteiger partial charge in [0.05, 0.1) is 16.9 Å². The van der Waals surface area contributed by atoms with Crippen molar-refractivity contribution in [2.75, 3.05) is 12.4 Å². The quantitative estimate of drug-likeness (QED) is 0.941. The summed E-state index contributed by atoms with van der Waals surface area (Å²) in [6.07, 6.45) is 0. The molecule has 0 unspecified atom stereocenters. The highest BCUT2D eigenvalue weighted by Crippen LogP contribution is 2.32. The van der Waals surface area contributed by atoms with Crippen LogP contribution in [0.1, 0.15) is 6.92 Å². The predicted octanol–water partition coefficient (Wildman–Crippen LogP) is 3.51. The summed E-state index contributed by atoms with van der Waals surface area (Å²) in [5.74, 6) is -1.46. The van der Waals surface area contributed by atoms with Gasteiger partial charge in [-0.2, -0.15) is 0 Å². The normalized spacial score (nSPS) is 10.7. The average molecular weight is 299 g/mol. The highest BCUT2D eigenvalue weighted by molar-refractivity contribution is 6.30. The maximum Gasteiger partial charge on any atom is 0.269 e. The van der Waals surface area contributed by atoms with E-state index < -0.39 is 17.2 Å². The first-order valence-corrected chi connectivity index (χ1v) is 6.44. The van der Waals surface area contributed by atoms with E-state index in [0.29, 0.717) is 5.69 Å². The molecule has 0 fully saturated rings. The van der Waals surface area contributed by atoms with Gasteiger partial charge >= 0.3 is 0 Å². The molecular weight excluding hydrogens is 286 g/mol. The van der Waals surface area contributed by atoms with Crippen LogP contribution in [-0.2, 0) is 6.54 Å². The van der Waals surface area contributed by atoms with Crippen LogP contribution in [0.2, 0.25) is 5.02 Å². The molecule has 3 nitrogen and oxygen atoms in total. The van der Waals surface area contributed by atoms with E-state index in [1.165, 1.54) is 16.7 Å². The Kier molecular flexibility index (Phi) is 4.09. The number of nitrogens with one attached hydrogen (secondary N) is 1. The fourth-order valence-corrected chi connectivity index (χ4v) is 2.33. The Morgan fingerprint density at radius 3 is 2.40 bits per heavy atom. The van der Waals surface area contributed by atoms with Crippen molar-refractivity contribution < 1.29 is 8.78 Å². The van der Waals surface area contributed by atoms with Gasteiger partial charge in [0.25, 0.3) is 5.56 Å². The predicted molar refractivity (Wildman–Crippen MR) is 76.3 cm³/mol. The van der Waals surface area contributed by atoms with E-state index in [9.17, 15) is 13.6 Å². The lowest BCUT2D eigenvalue weighted by atomic mass is 10.1. The van der Waals surface area contributed by atoms with E-state index in [-0.39, 0.29) is 22.8 Å². The number of halogens is 3. The fraction of sp³-hybridized carbons (Fsp3) is 0.214. The van der Waals surface area contributed by atoms with Crippen molar-refractivity contribution in [2.24, 2.45) is 0 Å². The van der Waals surface area contributed by atoms with Crippen molar-refractivity contribution in [1.82, 2.24) is 4.57 Å². The first-order chi connectivity index (χ1) is 9.51. The molecule has 106 valence electrons. The zero-order chi connectivity index (χ0) is 14.9. The van der Waals surface area contributed by atoms with Crippen molar-refractivity contribution >= 4 is 17.3 Å². The van der Waals surface area contributed by atoms with Gasteiger partial charge in [0.15, 0.2) is 0 Å². The second-order valence-electron chi connectivity index (χ2n) is 4.15. The monoisotopic (exact) mass is 298 g/mol. The largest absolute Gasteiger partial charge is 0.386 e. The first kappa shape index (κ1) is 14.5. The van der Waals surface area contributed by atoms with E-state index in [4.69, 9.17) is 11.6 Å². The summed E-state index contributed by atoms with van der Waals surface area (Å²) in [4.78, 5) is 12.0.